The molecule has 2 N–H and O–H groups in total. The van der Waals surface area contributed by atoms with Crippen LogP contribution < -0.4 is 20.3 Å². The average Bonchev–Trinajstić information content (AvgIpc) is 3.19. The molecule has 134 valence electrons. The first kappa shape index (κ1) is 17.4. The minimum Gasteiger partial charge on any atom is -0.496 e. The van der Waals surface area contributed by atoms with Crippen LogP contribution in [0.1, 0.15) is 20.8 Å². The van der Waals surface area contributed by atoms with Crippen LogP contribution in [0.25, 0.3) is 0 Å². The largest absolute Gasteiger partial charge is 0.496 e. The van der Waals surface area contributed by atoms with Crippen LogP contribution in [0.2, 0.25) is 0 Å². The van der Waals surface area contributed by atoms with Crippen LogP contribution in [-0.4, -0.2) is 26.7 Å². The van der Waals surface area contributed by atoms with Crippen LogP contribution in [0, 0.1) is 0 Å². The molecule has 0 unspecified atom stereocenters. The number of alkyl halides is 3. The third-order valence-electron chi connectivity index (χ3n) is 3.91. The van der Waals surface area contributed by atoms with E-state index in [0.29, 0.717) is 23.8 Å². The van der Waals surface area contributed by atoms with Crippen LogP contribution in [0.15, 0.2) is 23.6 Å². The number of thiophene rings is 1. The van der Waals surface area contributed by atoms with E-state index in [4.69, 9.17) is 4.74 Å². The number of nitrogens with zero attached hydrogens (tertiary/aromatic N) is 1. The third kappa shape index (κ3) is 3.37. The molecule has 2 heterocycles. The van der Waals surface area contributed by atoms with Crippen molar-refractivity contribution >= 4 is 28.6 Å². The highest BCUT2D eigenvalue weighted by molar-refractivity contribution is 7.10. The Hall–Kier alpha value is -2.42. The van der Waals surface area contributed by atoms with E-state index in [0.717, 1.165) is 23.0 Å². The van der Waals surface area contributed by atoms with Crippen LogP contribution in [-0.2, 0) is 12.7 Å². The van der Waals surface area contributed by atoms with Gasteiger partial charge in [0.2, 0.25) is 0 Å². The molecule has 1 amide bonds. The van der Waals surface area contributed by atoms with Gasteiger partial charge in [0.15, 0.2) is 0 Å². The number of nitrogens with one attached hydrogen (secondary N) is 2. The topological polar surface area (TPSA) is 53.6 Å². The van der Waals surface area contributed by atoms with Gasteiger partial charge in [-0.15, -0.1) is 11.3 Å². The van der Waals surface area contributed by atoms with E-state index in [-0.39, 0.29) is 12.1 Å². The number of carbonyl (C=O) groups is 1. The summed E-state index contributed by atoms with van der Waals surface area (Å²) in [5.74, 6) is 0.0518. The maximum atomic E-state index is 12.7. The molecule has 0 spiro atoms. The highest BCUT2D eigenvalue weighted by Crippen LogP contribution is 2.39. The molecule has 0 saturated carbocycles. The number of fused-ring (bicyclic) bond motifs is 1. The van der Waals surface area contributed by atoms with Crippen LogP contribution in [0.3, 0.4) is 0 Å². The molecular formula is C16H16F3N3O2S. The summed E-state index contributed by atoms with van der Waals surface area (Å²) >= 11 is 0.506. The van der Waals surface area contributed by atoms with E-state index in [1.165, 1.54) is 12.5 Å². The molecule has 5 nitrogen and oxygen atoms in total. The first-order valence-electron chi connectivity index (χ1n) is 7.40. The molecule has 1 aromatic heterocycles. The minimum atomic E-state index is -4.44. The van der Waals surface area contributed by atoms with Gasteiger partial charge in [-0.2, -0.15) is 13.2 Å². The molecule has 25 heavy (non-hydrogen) atoms. The summed E-state index contributed by atoms with van der Waals surface area (Å²) in [6, 6.07) is 4.54. The van der Waals surface area contributed by atoms with Gasteiger partial charge in [-0.25, -0.2) is 0 Å². The van der Waals surface area contributed by atoms with E-state index in [1.54, 1.807) is 6.07 Å². The molecule has 1 aliphatic heterocycles. The van der Waals surface area contributed by atoms with Crippen LogP contribution in [0.5, 0.6) is 5.75 Å². The lowest BCUT2D eigenvalue weighted by molar-refractivity contribution is -0.134. The summed E-state index contributed by atoms with van der Waals surface area (Å²) in [6.07, 6.45) is -4.44. The Kier molecular flexibility index (Phi) is 4.51. The van der Waals surface area contributed by atoms with E-state index in [2.05, 4.69) is 10.6 Å². The SMILES string of the molecule is COc1ccc2c(c1CNC(=O)c1csc(C(F)(F)F)c1)N(C)CN2. The van der Waals surface area contributed by atoms with E-state index in [1.807, 2.05) is 18.0 Å². The summed E-state index contributed by atoms with van der Waals surface area (Å²) in [4.78, 5) is 13.4. The van der Waals surface area contributed by atoms with Gasteiger partial charge in [0.05, 0.1) is 30.7 Å². The van der Waals surface area contributed by atoms with Gasteiger partial charge in [-0.1, -0.05) is 0 Å². The predicted molar refractivity (Wildman–Crippen MR) is 90.4 cm³/mol. The Morgan fingerprint density at radius 1 is 1.44 bits per heavy atom. The number of hydrogen-bond donors (Lipinski definition) is 2. The van der Waals surface area contributed by atoms with Gasteiger partial charge in [0, 0.05) is 24.5 Å². The second-order valence-electron chi connectivity index (χ2n) is 5.56. The van der Waals surface area contributed by atoms with Crippen molar-refractivity contribution < 1.29 is 22.7 Å². The lowest BCUT2D eigenvalue weighted by atomic mass is 10.1. The monoisotopic (exact) mass is 371 g/mol. The van der Waals surface area contributed by atoms with Gasteiger partial charge in [-0.05, 0) is 18.2 Å². The molecule has 0 bridgehead atoms. The van der Waals surface area contributed by atoms with E-state index >= 15 is 0 Å². The first-order chi connectivity index (χ1) is 11.8. The van der Waals surface area contributed by atoms with Crippen molar-refractivity contribution in [2.24, 2.45) is 0 Å². The van der Waals surface area contributed by atoms with Gasteiger partial charge >= 0.3 is 6.18 Å². The Bertz CT molecular complexity index is 804. The van der Waals surface area contributed by atoms with Crippen molar-refractivity contribution in [2.45, 2.75) is 12.7 Å². The summed E-state index contributed by atoms with van der Waals surface area (Å²) in [5, 5.41) is 7.09. The number of methoxy groups -OCH3 is 1. The number of halogens is 3. The Morgan fingerprint density at radius 3 is 2.84 bits per heavy atom. The standard InChI is InChI=1S/C16H16F3N3O2S/c1-22-8-21-11-3-4-12(24-2)10(14(11)22)6-20-15(23)9-5-13(25-7-9)16(17,18)19/h3-5,7,21H,6,8H2,1-2H3,(H,20,23). The van der Waals surface area contributed by atoms with Gasteiger partial charge in [-0.3, -0.25) is 4.79 Å². The molecule has 2 aromatic rings. The summed E-state index contributed by atoms with van der Waals surface area (Å²) in [6.45, 7) is 0.775. The summed E-state index contributed by atoms with van der Waals surface area (Å²) < 4.78 is 43.3. The molecular weight excluding hydrogens is 355 g/mol. The van der Waals surface area contributed by atoms with Crippen molar-refractivity contribution in [1.29, 1.82) is 0 Å². The molecule has 1 aromatic carbocycles. The van der Waals surface area contributed by atoms with Gasteiger partial charge < -0.3 is 20.3 Å². The molecule has 0 saturated heterocycles. The second kappa shape index (κ2) is 6.47. The second-order valence-corrected chi connectivity index (χ2v) is 6.47. The fourth-order valence-electron chi connectivity index (χ4n) is 2.72. The fourth-order valence-corrected chi connectivity index (χ4v) is 3.47. The third-order valence-corrected chi connectivity index (χ3v) is 4.89. The number of anilines is 2. The Labute approximate surface area is 146 Å². The van der Waals surface area contributed by atoms with Crippen LogP contribution in [0.4, 0.5) is 24.5 Å². The van der Waals surface area contributed by atoms with Crippen molar-refractivity contribution in [3.63, 3.8) is 0 Å². The molecule has 0 aliphatic carbocycles. The molecule has 0 atom stereocenters. The smallest absolute Gasteiger partial charge is 0.425 e. The highest BCUT2D eigenvalue weighted by atomic mass is 32.1. The Morgan fingerprint density at radius 2 is 2.20 bits per heavy atom. The molecule has 9 heteroatoms. The quantitative estimate of drug-likeness (QED) is 0.864. The zero-order valence-corrected chi connectivity index (χ0v) is 14.3. The number of carbonyl (C=O) groups excluding carboxylic acids is 1. The lowest BCUT2D eigenvalue weighted by Gasteiger charge is -2.18. The summed E-state index contributed by atoms with van der Waals surface area (Å²) in [7, 11) is 3.43. The zero-order valence-electron chi connectivity index (χ0n) is 13.5. The van der Waals surface area contributed by atoms with Crippen molar-refractivity contribution in [3.05, 3.63) is 39.6 Å². The normalized spacial score (nSPS) is 13.4. The van der Waals surface area contributed by atoms with Crippen molar-refractivity contribution in [2.75, 3.05) is 31.0 Å². The molecule has 1 aliphatic rings. The number of ether oxygens (including phenoxy) is 1. The summed E-state index contributed by atoms with van der Waals surface area (Å²) in [5.41, 5.74) is 2.59. The zero-order chi connectivity index (χ0) is 18.2. The first-order valence-corrected chi connectivity index (χ1v) is 8.28. The minimum absolute atomic E-state index is 0.00431. The number of rotatable bonds is 4. The molecule has 3 rings (SSSR count). The average molecular weight is 371 g/mol. The van der Waals surface area contributed by atoms with Crippen molar-refractivity contribution in [3.8, 4) is 5.75 Å². The van der Waals surface area contributed by atoms with E-state index < -0.39 is 17.0 Å². The van der Waals surface area contributed by atoms with Gasteiger partial charge in [0.1, 0.15) is 10.6 Å². The predicted octanol–water partition coefficient (Wildman–Crippen LogP) is 3.52. The number of benzene rings is 1. The fraction of sp³-hybridized carbons (Fsp3) is 0.312. The highest BCUT2D eigenvalue weighted by Gasteiger charge is 2.33. The molecule has 0 fully saturated rings. The van der Waals surface area contributed by atoms with Crippen molar-refractivity contribution in [1.82, 2.24) is 5.32 Å². The number of hydrogen-bond acceptors (Lipinski definition) is 5. The van der Waals surface area contributed by atoms with Gasteiger partial charge in [0.25, 0.3) is 5.91 Å². The maximum absolute atomic E-state index is 12.7. The Balaban J connectivity index is 1.79. The van der Waals surface area contributed by atoms with E-state index in [9.17, 15) is 18.0 Å². The maximum Gasteiger partial charge on any atom is 0.425 e. The van der Waals surface area contributed by atoms with Crippen LogP contribution >= 0.6 is 11.3 Å². The molecule has 0 radical (unpaired) electrons. The lowest BCUT2D eigenvalue weighted by Crippen LogP contribution is -2.24. The number of amides is 1.